The Morgan fingerprint density at radius 2 is 2.00 bits per heavy atom. The number of hydrogen-bond donors (Lipinski definition) is 1. The summed E-state index contributed by atoms with van der Waals surface area (Å²) in [6.07, 6.45) is 1.15. The van der Waals surface area contributed by atoms with E-state index < -0.39 is 12.6 Å². The van der Waals surface area contributed by atoms with E-state index in [9.17, 15) is 13.2 Å². The van der Waals surface area contributed by atoms with Gasteiger partial charge in [-0.15, -0.1) is 0 Å². The van der Waals surface area contributed by atoms with E-state index in [1.165, 1.54) is 19.3 Å². The monoisotopic (exact) mass is 237 g/mol. The molecule has 0 aromatic heterocycles. The van der Waals surface area contributed by atoms with E-state index in [2.05, 4.69) is 5.32 Å². The molecule has 0 amide bonds. The second kappa shape index (κ2) is 6.48. The lowest BCUT2D eigenvalue weighted by Gasteiger charge is -2.30. The van der Waals surface area contributed by atoms with Gasteiger partial charge in [-0.05, 0) is 31.7 Å². The van der Waals surface area contributed by atoms with Crippen LogP contribution in [0, 0.1) is 5.92 Å². The number of rotatable bonds is 7. The van der Waals surface area contributed by atoms with Gasteiger partial charge in [-0.1, -0.05) is 26.2 Å². The first-order valence-corrected chi connectivity index (χ1v) is 6.31. The van der Waals surface area contributed by atoms with Crippen molar-refractivity contribution in [3.63, 3.8) is 0 Å². The van der Waals surface area contributed by atoms with Crippen molar-refractivity contribution in [2.24, 2.45) is 5.92 Å². The molecule has 1 aliphatic rings. The molecule has 0 heterocycles. The van der Waals surface area contributed by atoms with Gasteiger partial charge in [0.1, 0.15) is 0 Å². The molecule has 0 aromatic carbocycles. The fourth-order valence-corrected chi connectivity index (χ4v) is 2.12. The average molecular weight is 237 g/mol. The minimum Gasteiger partial charge on any atom is -0.314 e. The van der Waals surface area contributed by atoms with Crippen LogP contribution in [0.3, 0.4) is 0 Å². The van der Waals surface area contributed by atoms with Crippen LogP contribution in [0.15, 0.2) is 0 Å². The molecule has 1 rings (SSSR count). The van der Waals surface area contributed by atoms with Gasteiger partial charge in [-0.25, -0.2) is 0 Å². The van der Waals surface area contributed by atoms with Crippen molar-refractivity contribution in [3.05, 3.63) is 0 Å². The maximum atomic E-state index is 12.1. The average Bonchev–Trinajstić information content (AvgIpc) is 2.12. The Hall–Kier alpha value is -0.250. The molecule has 0 spiro atoms. The molecule has 16 heavy (non-hydrogen) atoms. The van der Waals surface area contributed by atoms with Crippen LogP contribution in [0.2, 0.25) is 0 Å². The van der Waals surface area contributed by atoms with Crippen LogP contribution in [-0.4, -0.2) is 18.8 Å². The zero-order valence-electron chi connectivity index (χ0n) is 9.95. The van der Waals surface area contributed by atoms with Gasteiger partial charge in [0.2, 0.25) is 0 Å². The zero-order valence-corrected chi connectivity index (χ0v) is 9.95. The summed E-state index contributed by atoms with van der Waals surface area (Å²) in [5.41, 5.74) is 0. The molecule has 1 fully saturated rings. The van der Waals surface area contributed by atoms with Crippen LogP contribution >= 0.6 is 0 Å². The minimum atomic E-state index is -4.01. The van der Waals surface area contributed by atoms with Crippen LogP contribution in [0.25, 0.3) is 0 Å². The van der Waals surface area contributed by atoms with E-state index in [1.807, 2.05) is 6.92 Å². The summed E-state index contributed by atoms with van der Waals surface area (Å²) in [6.45, 7) is 2.87. The lowest BCUT2D eigenvalue weighted by atomic mass is 9.80. The highest BCUT2D eigenvalue weighted by Crippen LogP contribution is 2.32. The van der Waals surface area contributed by atoms with Gasteiger partial charge < -0.3 is 5.32 Å². The number of halogens is 3. The summed E-state index contributed by atoms with van der Waals surface area (Å²) in [5.74, 6) is 0.669. The van der Waals surface area contributed by atoms with E-state index >= 15 is 0 Å². The van der Waals surface area contributed by atoms with Crippen molar-refractivity contribution in [1.29, 1.82) is 0 Å². The fourth-order valence-electron chi connectivity index (χ4n) is 2.12. The molecule has 0 bridgehead atoms. The Labute approximate surface area is 95.8 Å². The largest absolute Gasteiger partial charge is 0.389 e. The van der Waals surface area contributed by atoms with Crippen LogP contribution in [0.5, 0.6) is 0 Å². The van der Waals surface area contributed by atoms with Crippen molar-refractivity contribution in [3.8, 4) is 0 Å². The van der Waals surface area contributed by atoms with Crippen LogP contribution < -0.4 is 5.32 Å². The molecule has 1 N–H and O–H groups in total. The van der Waals surface area contributed by atoms with Gasteiger partial charge >= 0.3 is 6.18 Å². The van der Waals surface area contributed by atoms with E-state index in [0.29, 0.717) is 5.92 Å². The maximum absolute atomic E-state index is 12.1. The van der Waals surface area contributed by atoms with Gasteiger partial charge in [-0.3, -0.25) is 0 Å². The molecule has 1 saturated carbocycles. The number of hydrogen-bond acceptors (Lipinski definition) is 1. The van der Waals surface area contributed by atoms with Gasteiger partial charge in [0, 0.05) is 12.5 Å². The molecule has 0 aromatic rings. The third-order valence-corrected chi connectivity index (χ3v) is 3.30. The van der Waals surface area contributed by atoms with E-state index in [0.717, 1.165) is 19.4 Å². The van der Waals surface area contributed by atoms with E-state index in [4.69, 9.17) is 0 Å². The van der Waals surface area contributed by atoms with Crippen LogP contribution in [0.4, 0.5) is 13.2 Å². The van der Waals surface area contributed by atoms with Gasteiger partial charge in [-0.2, -0.15) is 13.2 Å². The van der Waals surface area contributed by atoms with Gasteiger partial charge in [0.25, 0.3) is 0 Å². The first-order chi connectivity index (χ1) is 7.51. The molecular formula is C12H22F3N. The summed E-state index contributed by atoms with van der Waals surface area (Å²) >= 11 is 0. The van der Waals surface area contributed by atoms with Crippen molar-refractivity contribution in [2.45, 2.75) is 64.1 Å². The molecule has 1 unspecified atom stereocenters. The molecule has 1 atom stereocenters. The summed E-state index contributed by atoms with van der Waals surface area (Å²) in [6, 6.07) is 0.0619. The number of alkyl halides is 3. The van der Waals surface area contributed by atoms with Crippen molar-refractivity contribution < 1.29 is 13.2 Å². The summed E-state index contributed by atoms with van der Waals surface area (Å²) < 4.78 is 36.4. The highest BCUT2D eigenvalue weighted by Gasteiger charge is 2.29. The predicted molar refractivity (Wildman–Crippen MR) is 59.3 cm³/mol. The molecule has 4 heteroatoms. The first-order valence-electron chi connectivity index (χ1n) is 6.31. The van der Waals surface area contributed by atoms with E-state index in [-0.39, 0.29) is 12.5 Å². The summed E-state index contributed by atoms with van der Waals surface area (Å²) in [4.78, 5) is 0. The molecular weight excluding hydrogens is 215 g/mol. The molecule has 0 saturated heterocycles. The molecule has 0 aliphatic heterocycles. The second-order valence-electron chi connectivity index (χ2n) is 4.84. The Bertz CT molecular complexity index is 187. The third-order valence-electron chi connectivity index (χ3n) is 3.30. The Kier molecular flexibility index (Phi) is 5.59. The smallest absolute Gasteiger partial charge is 0.314 e. The quantitative estimate of drug-likeness (QED) is 0.708. The normalized spacial score (nSPS) is 19.5. The second-order valence-corrected chi connectivity index (χ2v) is 4.84. The molecule has 96 valence electrons. The van der Waals surface area contributed by atoms with Crippen molar-refractivity contribution in [1.82, 2.24) is 5.32 Å². The number of nitrogens with one attached hydrogen (secondary N) is 1. The SMILES string of the molecule is CCCNC(CCC(F)(F)F)CC1CCC1. The Morgan fingerprint density at radius 3 is 2.44 bits per heavy atom. The predicted octanol–water partition coefficient (Wildman–Crippen LogP) is 3.89. The lowest BCUT2D eigenvalue weighted by Crippen LogP contribution is -2.34. The van der Waals surface area contributed by atoms with Gasteiger partial charge in [0.05, 0.1) is 0 Å². The maximum Gasteiger partial charge on any atom is 0.389 e. The Balaban J connectivity index is 2.24. The molecule has 0 radical (unpaired) electrons. The van der Waals surface area contributed by atoms with Gasteiger partial charge in [0.15, 0.2) is 0 Å². The summed E-state index contributed by atoms with van der Waals surface area (Å²) in [7, 11) is 0. The van der Waals surface area contributed by atoms with Crippen molar-refractivity contribution >= 4 is 0 Å². The van der Waals surface area contributed by atoms with E-state index in [1.54, 1.807) is 0 Å². The molecule has 1 nitrogen and oxygen atoms in total. The third kappa shape index (κ3) is 5.73. The lowest BCUT2D eigenvalue weighted by molar-refractivity contribution is -0.136. The van der Waals surface area contributed by atoms with Crippen molar-refractivity contribution in [2.75, 3.05) is 6.54 Å². The highest BCUT2D eigenvalue weighted by molar-refractivity contribution is 4.78. The minimum absolute atomic E-state index is 0.0619. The summed E-state index contributed by atoms with van der Waals surface area (Å²) in [5, 5.41) is 3.24. The highest BCUT2D eigenvalue weighted by atomic mass is 19.4. The first kappa shape index (κ1) is 13.8. The standard InChI is InChI=1S/C12H22F3N/c1-2-8-16-11(6-7-12(13,14)15)9-10-4-3-5-10/h10-11,16H,2-9H2,1H3. The topological polar surface area (TPSA) is 12.0 Å². The Morgan fingerprint density at radius 1 is 1.31 bits per heavy atom. The molecule has 1 aliphatic carbocycles. The van der Waals surface area contributed by atoms with Crippen LogP contribution in [-0.2, 0) is 0 Å². The zero-order chi connectivity index (χ0) is 12.0. The fraction of sp³-hybridized carbons (Fsp3) is 1.00. The van der Waals surface area contributed by atoms with Crippen LogP contribution in [0.1, 0.15) is 51.9 Å².